The van der Waals surface area contributed by atoms with E-state index in [9.17, 15) is 5.11 Å². The highest BCUT2D eigenvalue weighted by Gasteiger charge is 2.46. The van der Waals surface area contributed by atoms with Crippen molar-refractivity contribution in [3.05, 3.63) is 42.0 Å². The first kappa shape index (κ1) is 11.9. The number of nitrogens with zero attached hydrogens (tertiary/aromatic N) is 1. The van der Waals surface area contributed by atoms with Gasteiger partial charge in [0.1, 0.15) is 0 Å². The van der Waals surface area contributed by atoms with Crippen LogP contribution in [0.25, 0.3) is 6.08 Å². The second-order valence-electron chi connectivity index (χ2n) is 5.82. The SMILES string of the molecule is C=Cc1ccc(C2(O)CC3CCC(C2)N3C)cc1. The first-order valence-corrected chi connectivity index (χ1v) is 6.80. The van der Waals surface area contributed by atoms with E-state index in [0.717, 1.165) is 24.0 Å². The topological polar surface area (TPSA) is 23.5 Å². The van der Waals surface area contributed by atoms with Gasteiger partial charge in [0, 0.05) is 12.1 Å². The average molecular weight is 243 g/mol. The van der Waals surface area contributed by atoms with E-state index in [1.54, 1.807) is 0 Å². The third-order valence-electron chi connectivity index (χ3n) is 4.82. The molecule has 18 heavy (non-hydrogen) atoms. The Hall–Kier alpha value is -1.12. The van der Waals surface area contributed by atoms with Crippen LogP contribution in [0.1, 0.15) is 36.8 Å². The summed E-state index contributed by atoms with van der Waals surface area (Å²) in [5.74, 6) is 0. The van der Waals surface area contributed by atoms with Gasteiger partial charge in [0.2, 0.25) is 0 Å². The zero-order valence-corrected chi connectivity index (χ0v) is 11.0. The number of hydrogen-bond donors (Lipinski definition) is 1. The molecule has 3 rings (SSSR count). The molecule has 0 aliphatic carbocycles. The number of aliphatic hydroxyl groups is 1. The predicted octanol–water partition coefficient (Wildman–Crippen LogP) is 2.77. The van der Waals surface area contributed by atoms with E-state index in [4.69, 9.17) is 0 Å². The molecule has 0 amide bonds. The molecular weight excluding hydrogens is 222 g/mol. The molecule has 2 unspecified atom stereocenters. The Bertz CT molecular complexity index is 437. The fourth-order valence-corrected chi connectivity index (χ4v) is 3.61. The fourth-order valence-electron chi connectivity index (χ4n) is 3.61. The molecule has 2 saturated heterocycles. The summed E-state index contributed by atoms with van der Waals surface area (Å²) in [5.41, 5.74) is 1.55. The molecule has 2 bridgehead atoms. The van der Waals surface area contributed by atoms with E-state index in [0.29, 0.717) is 12.1 Å². The van der Waals surface area contributed by atoms with Crippen molar-refractivity contribution in [1.82, 2.24) is 4.90 Å². The van der Waals surface area contributed by atoms with Crippen molar-refractivity contribution >= 4 is 6.08 Å². The van der Waals surface area contributed by atoms with Crippen LogP contribution >= 0.6 is 0 Å². The summed E-state index contributed by atoms with van der Waals surface area (Å²) in [6, 6.07) is 9.30. The van der Waals surface area contributed by atoms with E-state index in [-0.39, 0.29) is 0 Å². The van der Waals surface area contributed by atoms with Gasteiger partial charge in [-0.05, 0) is 43.9 Å². The number of rotatable bonds is 2. The number of hydrogen-bond acceptors (Lipinski definition) is 2. The maximum atomic E-state index is 11.0. The van der Waals surface area contributed by atoms with Crippen molar-refractivity contribution in [1.29, 1.82) is 0 Å². The Labute approximate surface area is 109 Å². The monoisotopic (exact) mass is 243 g/mol. The second-order valence-corrected chi connectivity index (χ2v) is 5.82. The van der Waals surface area contributed by atoms with Gasteiger partial charge in [0.25, 0.3) is 0 Å². The normalized spacial score (nSPS) is 35.7. The minimum atomic E-state index is -0.627. The quantitative estimate of drug-likeness (QED) is 0.863. The highest BCUT2D eigenvalue weighted by Crippen LogP contribution is 2.44. The Morgan fingerprint density at radius 2 is 1.78 bits per heavy atom. The first-order valence-electron chi connectivity index (χ1n) is 6.80. The van der Waals surface area contributed by atoms with Gasteiger partial charge in [-0.1, -0.05) is 36.9 Å². The van der Waals surface area contributed by atoms with Gasteiger partial charge in [-0.3, -0.25) is 0 Å². The highest BCUT2D eigenvalue weighted by atomic mass is 16.3. The van der Waals surface area contributed by atoms with E-state index in [1.807, 2.05) is 18.2 Å². The molecule has 1 N–H and O–H groups in total. The molecule has 0 aromatic heterocycles. The average Bonchev–Trinajstić information content (AvgIpc) is 2.63. The lowest BCUT2D eigenvalue weighted by atomic mass is 9.80. The van der Waals surface area contributed by atoms with E-state index < -0.39 is 5.60 Å². The largest absolute Gasteiger partial charge is 0.385 e. The summed E-state index contributed by atoms with van der Waals surface area (Å²) >= 11 is 0. The minimum Gasteiger partial charge on any atom is -0.385 e. The van der Waals surface area contributed by atoms with Crippen LogP contribution < -0.4 is 0 Å². The summed E-state index contributed by atoms with van der Waals surface area (Å²) < 4.78 is 0. The van der Waals surface area contributed by atoms with Gasteiger partial charge in [-0.25, -0.2) is 0 Å². The molecule has 0 radical (unpaired) electrons. The van der Waals surface area contributed by atoms with Gasteiger partial charge in [0.05, 0.1) is 5.60 Å². The maximum absolute atomic E-state index is 11.0. The van der Waals surface area contributed by atoms with Gasteiger partial charge in [0.15, 0.2) is 0 Å². The standard InChI is InChI=1S/C16H21NO/c1-3-12-4-6-13(7-5-12)16(18)10-14-8-9-15(11-16)17(14)2/h3-7,14-15,18H,1,8-11H2,2H3. The van der Waals surface area contributed by atoms with E-state index >= 15 is 0 Å². The first-order chi connectivity index (χ1) is 8.62. The van der Waals surface area contributed by atoms with Crippen molar-refractivity contribution in [2.75, 3.05) is 7.05 Å². The molecule has 2 fully saturated rings. The Morgan fingerprint density at radius 3 is 2.28 bits per heavy atom. The molecule has 1 aromatic rings. The van der Waals surface area contributed by atoms with Crippen LogP contribution in [0.5, 0.6) is 0 Å². The van der Waals surface area contributed by atoms with Crippen LogP contribution in [0.2, 0.25) is 0 Å². The predicted molar refractivity (Wildman–Crippen MR) is 74.2 cm³/mol. The van der Waals surface area contributed by atoms with Crippen LogP contribution in [0, 0.1) is 0 Å². The zero-order valence-electron chi connectivity index (χ0n) is 11.0. The van der Waals surface area contributed by atoms with Gasteiger partial charge in [-0.15, -0.1) is 0 Å². The number of benzene rings is 1. The van der Waals surface area contributed by atoms with Crippen molar-refractivity contribution < 1.29 is 5.11 Å². The van der Waals surface area contributed by atoms with Crippen molar-refractivity contribution in [3.63, 3.8) is 0 Å². The third kappa shape index (κ3) is 1.80. The van der Waals surface area contributed by atoms with Gasteiger partial charge >= 0.3 is 0 Å². The molecule has 96 valence electrons. The minimum absolute atomic E-state index is 0.549. The molecule has 0 saturated carbocycles. The summed E-state index contributed by atoms with van der Waals surface area (Å²) in [6.45, 7) is 3.77. The van der Waals surface area contributed by atoms with Crippen molar-refractivity contribution in [2.45, 2.75) is 43.4 Å². The Morgan fingerprint density at radius 1 is 1.22 bits per heavy atom. The van der Waals surface area contributed by atoms with E-state index in [2.05, 4.69) is 30.7 Å². The highest BCUT2D eigenvalue weighted by molar-refractivity contribution is 5.47. The summed E-state index contributed by atoms with van der Waals surface area (Å²) in [7, 11) is 2.20. The fraction of sp³-hybridized carbons (Fsp3) is 0.500. The van der Waals surface area contributed by atoms with Crippen LogP contribution in [-0.4, -0.2) is 29.1 Å². The maximum Gasteiger partial charge on any atom is 0.0926 e. The zero-order chi connectivity index (χ0) is 12.8. The molecule has 0 spiro atoms. The lowest BCUT2D eigenvalue weighted by Crippen LogP contribution is -2.47. The lowest BCUT2D eigenvalue weighted by Gasteiger charge is -2.42. The van der Waals surface area contributed by atoms with Gasteiger partial charge in [-0.2, -0.15) is 0 Å². The molecule has 2 heterocycles. The van der Waals surface area contributed by atoms with E-state index in [1.165, 1.54) is 12.8 Å². The smallest absolute Gasteiger partial charge is 0.0926 e. The Kier molecular flexibility index (Phi) is 2.80. The van der Waals surface area contributed by atoms with Crippen molar-refractivity contribution in [2.24, 2.45) is 0 Å². The van der Waals surface area contributed by atoms with Crippen LogP contribution in [-0.2, 0) is 5.60 Å². The Balaban J connectivity index is 1.88. The van der Waals surface area contributed by atoms with Crippen molar-refractivity contribution in [3.8, 4) is 0 Å². The molecule has 1 aromatic carbocycles. The molecule has 2 aliphatic heterocycles. The lowest BCUT2D eigenvalue weighted by molar-refractivity contribution is -0.0493. The molecule has 2 heteroatoms. The molecule has 2 atom stereocenters. The van der Waals surface area contributed by atoms with Crippen LogP contribution in [0.4, 0.5) is 0 Å². The molecular formula is C16H21NO. The van der Waals surface area contributed by atoms with Crippen LogP contribution in [0.15, 0.2) is 30.8 Å². The second kappa shape index (κ2) is 4.22. The third-order valence-corrected chi connectivity index (χ3v) is 4.82. The molecule has 2 nitrogen and oxygen atoms in total. The summed E-state index contributed by atoms with van der Waals surface area (Å²) in [6.07, 6.45) is 6.04. The molecule has 2 aliphatic rings. The van der Waals surface area contributed by atoms with Crippen LogP contribution in [0.3, 0.4) is 0 Å². The summed E-state index contributed by atoms with van der Waals surface area (Å²) in [5, 5.41) is 11.0. The number of piperidine rings is 1. The van der Waals surface area contributed by atoms with Gasteiger partial charge < -0.3 is 10.0 Å². The number of fused-ring (bicyclic) bond motifs is 2. The summed E-state index contributed by atoms with van der Waals surface area (Å²) in [4.78, 5) is 2.45.